The molecule has 25 heavy (non-hydrogen) atoms. The fourth-order valence-electron chi connectivity index (χ4n) is 3.08. The number of carbonyl (C=O) groups excluding carboxylic acids is 1. The molecule has 0 unspecified atom stereocenters. The van der Waals surface area contributed by atoms with Gasteiger partial charge in [-0.25, -0.2) is 4.98 Å². The van der Waals surface area contributed by atoms with Crippen LogP contribution in [0.25, 0.3) is 11.3 Å². The van der Waals surface area contributed by atoms with Crippen LogP contribution in [-0.2, 0) is 11.8 Å². The normalized spacial score (nSPS) is 14.2. The molecule has 3 rings (SSSR count). The number of nitrogens with zero attached hydrogens (tertiary/aromatic N) is 2. The van der Waals surface area contributed by atoms with Gasteiger partial charge in [-0.1, -0.05) is 53.7 Å². The Hall–Kier alpha value is -2.01. The van der Waals surface area contributed by atoms with E-state index < -0.39 is 0 Å². The number of carbonyl (C=O) groups is 1. The molecular formula is C20H25N3OS. The molecule has 132 valence electrons. The predicted molar refractivity (Wildman–Crippen MR) is 104 cm³/mol. The van der Waals surface area contributed by atoms with Crippen molar-refractivity contribution in [3.63, 3.8) is 0 Å². The highest BCUT2D eigenvalue weighted by Crippen LogP contribution is 2.24. The van der Waals surface area contributed by atoms with E-state index in [9.17, 15) is 4.79 Å². The Morgan fingerprint density at radius 2 is 2.12 bits per heavy atom. The summed E-state index contributed by atoms with van der Waals surface area (Å²) in [5.41, 5.74) is 3.69. The van der Waals surface area contributed by atoms with Crippen molar-refractivity contribution in [2.45, 2.75) is 37.3 Å². The molecule has 2 aromatic rings. The summed E-state index contributed by atoms with van der Waals surface area (Å²) in [5.74, 6) is 0.476. The maximum atomic E-state index is 12.1. The molecule has 1 N–H and O–H groups in total. The number of rotatable bonds is 7. The van der Waals surface area contributed by atoms with Crippen molar-refractivity contribution in [3.05, 3.63) is 48.2 Å². The van der Waals surface area contributed by atoms with Crippen LogP contribution in [0.3, 0.4) is 0 Å². The van der Waals surface area contributed by atoms with Crippen molar-refractivity contribution in [1.29, 1.82) is 0 Å². The Labute approximate surface area is 153 Å². The molecule has 0 atom stereocenters. The zero-order chi connectivity index (χ0) is 17.5. The van der Waals surface area contributed by atoms with Crippen LogP contribution in [0.1, 0.15) is 32.1 Å². The molecule has 1 aliphatic carbocycles. The molecule has 1 heterocycles. The molecule has 1 amide bonds. The second-order valence-electron chi connectivity index (χ2n) is 6.35. The third kappa shape index (κ3) is 4.98. The average molecular weight is 356 g/mol. The van der Waals surface area contributed by atoms with Gasteiger partial charge in [0.05, 0.1) is 17.6 Å². The second-order valence-corrected chi connectivity index (χ2v) is 7.29. The van der Waals surface area contributed by atoms with Crippen molar-refractivity contribution >= 4 is 17.7 Å². The minimum Gasteiger partial charge on any atom is -0.355 e. The van der Waals surface area contributed by atoms with E-state index in [1.54, 1.807) is 0 Å². The van der Waals surface area contributed by atoms with Crippen molar-refractivity contribution < 1.29 is 4.79 Å². The van der Waals surface area contributed by atoms with E-state index in [0.29, 0.717) is 5.75 Å². The molecule has 0 radical (unpaired) electrons. The van der Waals surface area contributed by atoms with Crippen LogP contribution in [0, 0.1) is 0 Å². The number of amides is 1. The highest BCUT2D eigenvalue weighted by molar-refractivity contribution is 7.99. The minimum atomic E-state index is 0.0747. The lowest BCUT2D eigenvalue weighted by Gasteiger charge is -2.12. The number of allylic oxidation sites excluding steroid dienone is 1. The monoisotopic (exact) mass is 355 g/mol. The average Bonchev–Trinajstić information content (AvgIpc) is 3.02. The molecule has 1 aromatic heterocycles. The highest BCUT2D eigenvalue weighted by Gasteiger charge is 2.11. The van der Waals surface area contributed by atoms with Gasteiger partial charge in [-0.05, 0) is 37.7 Å². The van der Waals surface area contributed by atoms with Gasteiger partial charge in [-0.15, -0.1) is 0 Å². The van der Waals surface area contributed by atoms with E-state index in [1.807, 2.05) is 36.0 Å². The summed E-state index contributed by atoms with van der Waals surface area (Å²) in [4.78, 5) is 16.5. The van der Waals surface area contributed by atoms with Crippen LogP contribution in [-0.4, -0.2) is 27.8 Å². The van der Waals surface area contributed by atoms with Crippen molar-refractivity contribution in [2.75, 3.05) is 12.3 Å². The van der Waals surface area contributed by atoms with Gasteiger partial charge in [0, 0.05) is 13.6 Å². The van der Waals surface area contributed by atoms with Crippen LogP contribution in [0.5, 0.6) is 0 Å². The Balaban J connectivity index is 1.46. The lowest BCUT2D eigenvalue weighted by molar-refractivity contribution is -0.118. The summed E-state index contributed by atoms with van der Waals surface area (Å²) in [6.45, 7) is 0.737. The minimum absolute atomic E-state index is 0.0747. The third-order valence-electron chi connectivity index (χ3n) is 4.50. The molecule has 5 heteroatoms. The zero-order valence-electron chi connectivity index (χ0n) is 14.7. The summed E-state index contributed by atoms with van der Waals surface area (Å²) >= 11 is 1.48. The maximum Gasteiger partial charge on any atom is 0.230 e. The van der Waals surface area contributed by atoms with Gasteiger partial charge in [0.15, 0.2) is 5.16 Å². The first-order valence-corrected chi connectivity index (χ1v) is 9.87. The number of imidazole rings is 1. The SMILES string of the molecule is Cn1c(-c2ccccc2)cnc1SCC(=O)NCCC1=CCCCC1. The second kappa shape index (κ2) is 8.90. The predicted octanol–water partition coefficient (Wildman–Crippen LogP) is 4.19. The Morgan fingerprint density at radius 3 is 2.88 bits per heavy atom. The van der Waals surface area contributed by atoms with Gasteiger partial charge in [-0.3, -0.25) is 4.79 Å². The zero-order valence-corrected chi connectivity index (χ0v) is 15.5. The van der Waals surface area contributed by atoms with Crippen LogP contribution in [0.4, 0.5) is 0 Å². The van der Waals surface area contributed by atoms with E-state index >= 15 is 0 Å². The fourth-order valence-corrected chi connectivity index (χ4v) is 3.86. The molecule has 0 spiro atoms. The van der Waals surface area contributed by atoms with Gasteiger partial charge in [0.2, 0.25) is 5.91 Å². The number of nitrogens with one attached hydrogen (secondary N) is 1. The number of aromatic nitrogens is 2. The van der Waals surface area contributed by atoms with E-state index in [0.717, 1.165) is 29.4 Å². The summed E-state index contributed by atoms with van der Waals surface area (Å²) in [5, 5.41) is 3.89. The van der Waals surface area contributed by atoms with Crippen molar-refractivity contribution in [1.82, 2.24) is 14.9 Å². The van der Waals surface area contributed by atoms with Crippen molar-refractivity contribution in [3.8, 4) is 11.3 Å². The van der Waals surface area contributed by atoms with E-state index in [1.165, 1.54) is 43.0 Å². The number of benzene rings is 1. The fraction of sp³-hybridized carbons (Fsp3) is 0.400. The summed E-state index contributed by atoms with van der Waals surface area (Å²) in [6.07, 6.45) is 10.2. The third-order valence-corrected chi connectivity index (χ3v) is 5.54. The molecule has 0 bridgehead atoms. The molecule has 4 nitrogen and oxygen atoms in total. The Kier molecular flexibility index (Phi) is 6.34. The molecule has 0 saturated heterocycles. The molecular weight excluding hydrogens is 330 g/mol. The number of thioether (sulfide) groups is 1. The van der Waals surface area contributed by atoms with E-state index in [-0.39, 0.29) is 5.91 Å². The molecule has 0 aliphatic heterocycles. The highest BCUT2D eigenvalue weighted by atomic mass is 32.2. The lowest BCUT2D eigenvalue weighted by atomic mass is 9.97. The van der Waals surface area contributed by atoms with Crippen LogP contribution >= 0.6 is 11.8 Å². The molecule has 1 aromatic carbocycles. The van der Waals surface area contributed by atoms with Gasteiger partial charge >= 0.3 is 0 Å². The summed E-state index contributed by atoms with van der Waals surface area (Å²) < 4.78 is 2.04. The van der Waals surface area contributed by atoms with E-state index in [2.05, 4.69) is 28.5 Å². The quantitative estimate of drug-likeness (QED) is 0.598. The molecule has 0 saturated carbocycles. The molecule has 0 fully saturated rings. The largest absolute Gasteiger partial charge is 0.355 e. The van der Waals surface area contributed by atoms with Gasteiger partial charge in [0.25, 0.3) is 0 Å². The van der Waals surface area contributed by atoms with Gasteiger partial charge in [-0.2, -0.15) is 0 Å². The smallest absolute Gasteiger partial charge is 0.230 e. The maximum absolute atomic E-state index is 12.1. The first-order valence-electron chi connectivity index (χ1n) is 8.88. The molecule has 1 aliphatic rings. The standard InChI is InChI=1S/C20H25N3OS/c1-23-18(17-10-6-3-7-11-17)14-22-20(23)25-15-19(24)21-13-12-16-8-4-2-5-9-16/h3,6-8,10-11,14H,2,4-5,9,12-13,15H2,1H3,(H,21,24). The van der Waals surface area contributed by atoms with E-state index in [4.69, 9.17) is 0 Å². The number of hydrogen-bond acceptors (Lipinski definition) is 3. The first kappa shape index (κ1) is 17.8. The first-order chi connectivity index (χ1) is 12.2. The van der Waals surface area contributed by atoms with Crippen LogP contribution in [0.15, 0.2) is 53.3 Å². The summed E-state index contributed by atoms with van der Waals surface area (Å²) in [7, 11) is 1.99. The summed E-state index contributed by atoms with van der Waals surface area (Å²) in [6, 6.07) is 10.2. The van der Waals surface area contributed by atoms with Crippen LogP contribution in [0.2, 0.25) is 0 Å². The van der Waals surface area contributed by atoms with Gasteiger partial charge in [0.1, 0.15) is 0 Å². The lowest BCUT2D eigenvalue weighted by Crippen LogP contribution is -2.26. The number of hydrogen-bond donors (Lipinski definition) is 1. The Morgan fingerprint density at radius 1 is 1.28 bits per heavy atom. The van der Waals surface area contributed by atoms with Crippen molar-refractivity contribution in [2.24, 2.45) is 7.05 Å². The van der Waals surface area contributed by atoms with Gasteiger partial charge < -0.3 is 9.88 Å². The topological polar surface area (TPSA) is 46.9 Å². The van der Waals surface area contributed by atoms with Crippen LogP contribution < -0.4 is 5.32 Å². The Bertz CT molecular complexity index is 737.